The summed E-state index contributed by atoms with van der Waals surface area (Å²) in [5.74, 6) is 0.216. The fraction of sp³-hybridized carbons (Fsp3) is 0.125. The fourth-order valence-corrected chi connectivity index (χ4v) is 3.01. The van der Waals surface area contributed by atoms with Crippen LogP contribution < -0.4 is 4.72 Å². The van der Waals surface area contributed by atoms with E-state index < -0.39 is 10.0 Å². The molecule has 10 heteroatoms. The highest BCUT2D eigenvalue weighted by atomic mass is 79.9. The first-order valence-electron chi connectivity index (χ1n) is 7.45. The molecule has 2 aromatic carbocycles. The molecule has 0 spiro atoms. The third kappa shape index (κ3) is 4.73. The number of nitrogens with one attached hydrogen (secondary N) is 1. The van der Waals surface area contributed by atoms with Crippen LogP contribution in [0.4, 0.5) is 5.69 Å². The second-order valence-electron chi connectivity index (χ2n) is 5.53. The molecule has 0 saturated carbocycles. The molecule has 0 aliphatic heterocycles. The molecule has 0 amide bonds. The van der Waals surface area contributed by atoms with Crippen LogP contribution in [0.5, 0.6) is 0 Å². The lowest BCUT2D eigenvalue weighted by molar-refractivity contribution is 0.0961. The zero-order valence-electron chi connectivity index (χ0n) is 13.6. The van der Waals surface area contributed by atoms with Gasteiger partial charge < -0.3 is 0 Å². The summed E-state index contributed by atoms with van der Waals surface area (Å²) in [5, 5.41) is 12.1. The van der Waals surface area contributed by atoms with E-state index in [9.17, 15) is 13.2 Å². The Labute approximate surface area is 158 Å². The van der Waals surface area contributed by atoms with Crippen LogP contribution in [0.3, 0.4) is 0 Å². The largest absolute Gasteiger partial charge is 0.292 e. The van der Waals surface area contributed by atoms with Crippen molar-refractivity contribution in [1.82, 2.24) is 20.2 Å². The van der Waals surface area contributed by atoms with Crippen LogP contribution in [0, 0.1) is 0 Å². The average molecular weight is 436 g/mol. The van der Waals surface area contributed by atoms with Crippen LogP contribution in [0.2, 0.25) is 0 Å². The van der Waals surface area contributed by atoms with Crippen molar-refractivity contribution >= 4 is 37.4 Å². The van der Waals surface area contributed by atoms with Gasteiger partial charge in [-0.2, -0.15) is 4.80 Å². The van der Waals surface area contributed by atoms with E-state index in [0.29, 0.717) is 17.1 Å². The highest BCUT2D eigenvalue weighted by molar-refractivity contribution is 9.10. The van der Waals surface area contributed by atoms with E-state index in [0.717, 1.165) is 16.3 Å². The third-order valence-corrected chi connectivity index (χ3v) is 4.49. The van der Waals surface area contributed by atoms with Crippen LogP contribution in [0.25, 0.3) is 11.4 Å². The Bertz CT molecular complexity index is 1030. The first-order valence-corrected chi connectivity index (χ1v) is 10.1. The number of sulfonamides is 1. The molecule has 0 fully saturated rings. The summed E-state index contributed by atoms with van der Waals surface area (Å²) in [4.78, 5) is 13.6. The number of anilines is 1. The van der Waals surface area contributed by atoms with Crippen molar-refractivity contribution in [3.05, 3.63) is 58.6 Å². The molecule has 1 aromatic heterocycles. The van der Waals surface area contributed by atoms with Gasteiger partial charge in [0.15, 0.2) is 5.78 Å². The Hall–Kier alpha value is -2.59. The minimum atomic E-state index is -3.36. The van der Waals surface area contributed by atoms with Gasteiger partial charge in [0, 0.05) is 21.3 Å². The van der Waals surface area contributed by atoms with Gasteiger partial charge in [-0.1, -0.05) is 15.9 Å². The molecular formula is C16H14BrN5O3S. The van der Waals surface area contributed by atoms with Gasteiger partial charge in [0.25, 0.3) is 0 Å². The van der Waals surface area contributed by atoms with Crippen molar-refractivity contribution in [2.75, 3.05) is 11.0 Å². The molecule has 0 saturated heterocycles. The monoisotopic (exact) mass is 435 g/mol. The van der Waals surface area contributed by atoms with Crippen molar-refractivity contribution < 1.29 is 13.2 Å². The lowest BCUT2D eigenvalue weighted by Gasteiger charge is -2.05. The van der Waals surface area contributed by atoms with Crippen molar-refractivity contribution in [3.63, 3.8) is 0 Å². The number of carbonyl (C=O) groups is 1. The van der Waals surface area contributed by atoms with Crippen LogP contribution in [-0.4, -0.2) is 40.7 Å². The highest BCUT2D eigenvalue weighted by Gasteiger charge is 2.12. The molecule has 0 unspecified atom stereocenters. The Morgan fingerprint density at radius 2 is 1.77 bits per heavy atom. The zero-order chi connectivity index (χ0) is 18.7. The number of aromatic nitrogens is 4. The van der Waals surface area contributed by atoms with Gasteiger partial charge in [0.1, 0.15) is 6.54 Å². The number of benzene rings is 2. The number of hydrogen-bond acceptors (Lipinski definition) is 6. The molecule has 3 rings (SSSR count). The molecule has 0 aliphatic rings. The lowest BCUT2D eigenvalue weighted by atomic mass is 10.1. The second kappa shape index (κ2) is 7.34. The van der Waals surface area contributed by atoms with Crippen molar-refractivity contribution in [3.8, 4) is 11.4 Å². The molecule has 8 nitrogen and oxygen atoms in total. The molecule has 26 heavy (non-hydrogen) atoms. The topological polar surface area (TPSA) is 107 Å². The molecule has 0 atom stereocenters. The number of ketones is 1. The normalized spacial score (nSPS) is 11.3. The molecule has 1 heterocycles. The van der Waals surface area contributed by atoms with Crippen molar-refractivity contribution in [2.24, 2.45) is 0 Å². The van der Waals surface area contributed by atoms with Gasteiger partial charge in [-0.15, -0.1) is 10.2 Å². The number of nitrogens with zero attached hydrogens (tertiary/aromatic N) is 4. The summed E-state index contributed by atoms with van der Waals surface area (Å²) in [5.41, 5.74) is 1.61. The van der Waals surface area contributed by atoms with E-state index in [-0.39, 0.29) is 12.3 Å². The van der Waals surface area contributed by atoms with Crippen molar-refractivity contribution in [2.45, 2.75) is 6.54 Å². The summed E-state index contributed by atoms with van der Waals surface area (Å²) >= 11 is 3.36. The molecule has 0 aliphatic carbocycles. The van der Waals surface area contributed by atoms with E-state index >= 15 is 0 Å². The predicted molar refractivity (Wildman–Crippen MR) is 100 cm³/mol. The third-order valence-electron chi connectivity index (χ3n) is 3.35. The van der Waals surface area contributed by atoms with Gasteiger partial charge in [-0.25, -0.2) is 8.42 Å². The van der Waals surface area contributed by atoms with E-state index in [1.54, 1.807) is 12.1 Å². The Kier molecular flexibility index (Phi) is 5.14. The summed E-state index contributed by atoms with van der Waals surface area (Å²) in [6, 6.07) is 13.6. The number of Topliss-reactive ketones (excluding diaryl/α,β-unsaturated/α-hetero) is 1. The Morgan fingerprint density at radius 3 is 2.38 bits per heavy atom. The van der Waals surface area contributed by atoms with Gasteiger partial charge in [-0.05, 0) is 53.7 Å². The summed E-state index contributed by atoms with van der Waals surface area (Å²) in [7, 11) is -3.36. The standard InChI is InChI=1S/C16H14BrN5O3S/c1-26(24,25)20-14-8-4-11(5-9-14)15(23)10-22-19-16(18-21-22)12-2-6-13(17)7-3-12/h2-9,20H,10H2,1H3. The molecular weight excluding hydrogens is 422 g/mol. The Morgan fingerprint density at radius 1 is 1.12 bits per heavy atom. The van der Waals surface area contributed by atoms with Crippen LogP contribution >= 0.6 is 15.9 Å². The minimum absolute atomic E-state index is 0.0671. The van der Waals surface area contributed by atoms with E-state index in [1.807, 2.05) is 24.3 Å². The van der Waals surface area contributed by atoms with E-state index in [2.05, 4.69) is 36.1 Å². The first kappa shape index (κ1) is 18.2. The van der Waals surface area contributed by atoms with E-state index in [1.165, 1.54) is 16.9 Å². The van der Waals surface area contributed by atoms with Gasteiger partial charge in [0.2, 0.25) is 15.8 Å². The SMILES string of the molecule is CS(=O)(=O)Nc1ccc(C(=O)Cn2nnc(-c3ccc(Br)cc3)n2)cc1. The molecule has 3 aromatic rings. The summed E-state index contributed by atoms with van der Waals surface area (Å²) < 4.78 is 25.7. The molecule has 134 valence electrons. The van der Waals surface area contributed by atoms with Crippen molar-refractivity contribution in [1.29, 1.82) is 0 Å². The zero-order valence-corrected chi connectivity index (χ0v) is 16.0. The predicted octanol–water partition coefficient (Wildman–Crippen LogP) is 2.36. The maximum Gasteiger partial charge on any atom is 0.229 e. The molecule has 0 bridgehead atoms. The highest BCUT2D eigenvalue weighted by Crippen LogP contribution is 2.17. The van der Waals surface area contributed by atoms with E-state index in [4.69, 9.17) is 0 Å². The van der Waals surface area contributed by atoms with Crippen LogP contribution in [0.15, 0.2) is 53.0 Å². The maximum atomic E-state index is 12.3. The lowest BCUT2D eigenvalue weighted by Crippen LogP contribution is -2.14. The van der Waals surface area contributed by atoms with Gasteiger partial charge in [0.05, 0.1) is 6.26 Å². The number of hydrogen-bond donors (Lipinski definition) is 1. The average Bonchev–Trinajstić information content (AvgIpc) is 3.03. The van der Waals surface area contributed by atoms with Crippen LogP contribution in [0.1, 0.15) is 10.4 Å². The van der Waals surface area contributed by atoms with Gasteiger partial charge in [-0.3, -0.25) is 9.52 Å². The van der Waals surface area contributed by atoms with Crippen LogP contribution in [-0.2, 0) is 16.6 Å². The summed E-state index contributed by atoms with van der Waals surface area (Å²) in [6.07, 6.45) is 1.06. The molecule has 1 N–H and O–H groups in total. The number of tetrazole rings is 1. The number of rotatable bonds is 6. The minimum Gasteiger partial charge on any atom is -0.292 e. The number of carbonyl (C=O) groups excluding carboxylic acids is 1. The quantitative estimate of drug-likeness (QED) is 0.595. The fourth-order valence-electron chi connectivity index (χ4n) is 2.18. The smallest absolute Gasteiger partial charge is 0.229 e. The second-order valence-corrected chi connectivity index (χ2v) is 8.19. The molecule has 0 radical (unpaired) electrons. The summed E-state index contributed by atoms with van der Waals surface area (Å²) in [6.45, 7) is -0.0671. The Balaban J connectivity index is 1.69. The number of halogens is 1. The van der Waals surface area contributed by atoms with Gasteiger partial charge >= 0.3 is 0 Å². The first-order chi connectivity index (χ1) is 12.3. The maximum absolute atomic E-state index is 12.3.